The summed E-state index contributed by atoms with van der Waals surface area (Å²) >= 11 is 0. The van der Waals surface area contributed by atoms with Gasteiger partial charge in [-0.25, -0.2) is 14.4 Å². The van der Waals surface area contributed by atoms with Gasteiger partial charge in [0.2, 0.25) is 5.78 Å². The fourth-order valence-corrected chi connectivity index (χ4v) is 0.381. The molecular formula is C7H6O9. The van der Waals surface area contributed by atoms with E-state index < -0.39 is 35.9 Å². The lowest BCUT2D eigenvalue weighted by Crippen LogP contribution is -2.20. The molecular weight excluding hydrogens is 228 g/mol. The first-order chi connectivity index (χ1) is 7.34. The standard InChI is InChI=1S/C7H6O9/c1-3(8)7(13)15-16-14-5(10)2-4(9)6(11)12/h2H2,1H3,(H,11,12). The zero-order valence-electron chi connectivity index (χ0n) is 7.92. The third-order valence-electron chi connectivity index (χ3n) is 1.07. The van der Waals surface area contributed by atoms with E-state index in [0.717, 1.165) is 6.92 Å². The van der Waals surface area contributed by atoms with Crippen molar-refractivity contribution in [2.75, 3.05) is 0 Å². The van der Waals surface area contributed by atoms with Crippen molar-refractivity contribution in [2.24, 2.45) is 0 Å². The van der Waals surface area contributed by atoms with Crippen LogP contribution >= 0.6 is 0 Å². The highest BCUT2D eigenvalue weighted by Crippen LogP contribution is 1.92. The molecule has 0 spiro atoms. The van der Waals surface area contributed by atoms with Gasteiger partial charge >= 0.3 is 17.9 Å². The smallest absolute Gasteiger partial charge is 0.412 e. The van der Waals surface area contributed by atoms with Gasteiger partial charge in [0.15, 0.2) is 0 Å². The fourth-order valence-electron chi connectivity index (χ4n) is 0.381. The minimum absolute atomic E-state index is 0.876. The molecule has 0 saturated heterocycles. The van der Waals surface area contributed by atoms with Crippen molar-refractivity contribution in [1.29, 1.82) is 0 Å². The normalized spacial score (nSPS) is 9.06. The zero-order chi connectivity index (χ0) is 12.7. The molecule has 0 fully saturated rings. The molecule has 0 aromatic heterocycles. The molecule has 0 atom stereocenters. The number of carbonyl (C=O) groups is 5. The number of ketones is 2. The van der Waals surface area contributed by atoms with Crippen LogP contribution in [0.5, 0.6) is 0 Å². The van der Waals surface area contributed by atoms with Crippen molar-refractivity contribution >= 4 is 29.5 Å². The number of carboxylic acids is 1. The number of hydrogen-bond acceptors (Lipinski definition) is 8. The second-order valence-corrected chi connectivity index (χ2v) is 2.36. The fraction of sp³-hybridized carbons (Fsp3) is 0.286. The van der Waals surface area contributed by atoms with E-state index in [1.54, 1.807) is 0 Å². The number of Topliss-reactive ketones (excluding diaryl/α,β-unsaturated/α-hetero) is 2. The number of hydrogen-bond donors (Lipinski definition) is 1. The molecule has 0 radical (unpaired) electrons. The number of rotatable bonds is 6. The van der Waals surface area contributed by atoms with Crippen LogP contribution in [0.1, 0.15) is 13.3 Å². The van der Waals surface area contributed by atoms with Crippen LogP contribution in [0.2, 0.25) is 0 Å². The van der Waals surface area contributed by atoms with Crippen LogP contribution in [0.4, 0.5) is 0 Å². The lowest BCUT2D eigenvalue weighted by Gasteiger charge is -1.98. The molecule has 0 amide bonds. The van der Waals surface area contributed by atoms with Crippen LogP contribution in [0.25, 0.3) is 0 Å². The van der Waals surface area contributed by atoms with Crippen molar-refractivity contribution in [2.45, 2.75) is 13.3 Å². The minimum atomic E-state index is -1.82. The van der Waals surface area contributed by atoms with Crippen molar-refractivity contribution in [3.05, 3.63) is 0 Å². The lowest BCUT2D eigenvalue weighted by molar-refractivity contribution is -0.457. The highest BCUT2D eigenvalue weighted by molar-refractivity contribution is 6.35. The Morgan fingerprint density at radius 3 is 2.06 bits per heavy atom. The molecule has 1 N–H and O–H groups in total. The van der Waals surface area contributed by atoms with Gasteiger partial charge in [-0.05, 0) is 0 Å². The summed E-state index contributed by atoms with van der Waals surface area (Å²) in [6.07, 6.45) is -1.09. The van der Waals surface area contributed by atoms with Crippen molar-refractivity contribution in [3.63, 3.8) is 0 Å². The Kier molecular flexibility index (Phi) is 5.35. The average molecular weight is 234 g/mol. The van der Waals surface area contributed by atoms with E-state index >= 15 is 0 Å². The first kappa shape index (κ1) is 13.7. The highest BCUT2D eigenvalue weighted by atomic mass is 17.5. The third-order valence-corrected chi connectivity index (χ3v) is 1.07. The highest BCUT2D eigenvalue weighted by Gasteiger charge is 2.19. The molecule has 0 bridgehead atoms. The summed E-state index contributed by atoms with van der Waals surface area (Å²) in [5.74, 6) is -7.05. The van der Waals surface area contributed by atoms with E-state index in [-0.39, 0.29) is 0 Å². The Labute approximate surface area is 87.7 Å². The number of carboxylic acid groups (broad SMARTS) is 1. The van der Waals surface area contributed by atoms with Crippen molar-refractivity contribution in [3.8, 4) is 0 Å². The molecule has 9 heteroatoms. The van der Waals surface area contributed by atoms with E-state index in [1.165, 1.54) is 0 Å². The molecule has 0 aromatic rings. The zero-order valence-corrected chi connectivity index (χ0v) is 7.92. The molecule has 0 aliphatic rings. The molecule has 0 aromatic carbocycles. The molecule has 9 nitrogen and oxygen atoms in total. The number of carbonyl (C=O) groups excluding carboxylic acids is 4. The lowest BCUT2D eigenvalue weighted by atomic mass is 10.3. The van der Waals surface area contributed by atoms with Gasteiger partial charge in [0.1, 0.15) is 6.42 Å². The maximum absolute atomic E-state index is 10.6. The summed E-state index contributed by atoms with van der Waals surface area (Å²) in [4.78, 5) is 59.0. The molecule has 0 unspecified atom stereocenters. The van der Waals surface area contributed by atoms with Crippen LogP contribution in [-0.4, -0.2) is 34.6 Å². The van der Waals surface area contributed by atoms with Crippen molar-refractivity contribution in [1.82, 2.24) is 0 Å². The van der Waals surface area contributed by atoms with Gasteiger partial charge in [0.05, 0.1) is 0 Å². The monoisotopic (exact) mass is 234 g/mol. The van der Waals surface area contributed by atoms with E-state index in [1.807, 2.05) is 0 Å². The SMILES string of the molecule is CC(=O)C(=O)OOOC(=O)CC(=O)C(=O)O. The summed E-state index contributed by atoms with van der Waals surface area (Å²) in [5.41, 5.74) is 0. The van der Waals surface area contributed by atoms with Gasteiger partial charge in [-0.15, -0.1) is 0 Å². The summed E-state index contributed by atoms with van der Waals surface area (Å²) < 4.78 is 0. The predicted octanol–water partition coefficient (Wildman–Crippen LogP) is -1.45. The maximum Gasteiger partial charge on any atom is 0.412 e. The molecule has 0 aliphatic carbocycles. The van der Waals surface area contributed by atoms with E-state index in [4.69, 9.17) is 5.11 Å². The van der Waals surface area contributed by atoms with Crippen LogP contribution in [0.15, 0.2) is 0 Å². The van der Waals surface area contributed by atoms with E-state index in [0.29, 0.717) is 0 Å². The molecule has 0 rings (SSSR count). The average Bonchev–Trinajstić information content (AvgIpc) is 2.16. The van der Waals surface area contributed by atoms with Gasteiger partial charge in [-0.1, -0.05) is 0 Å². The maximum atomic E-state index is 10.6. The van der Waals surface area contributed by atoms with E-state index in [9.17, 15) is 24.0 Å². The van der Waals surface area contributed by atoms with Gasteiger partial charge in [-0.3, -0.25) is 19.4 Å². The van der Waals surface area contributed by atoms with Gasteiger partial charge < -0.3 is 5.11 Å². The summed E-state index contributed by atoms with van der Waals surface area (Å²) in [7, 11) is 0. The summed E-state index contributed by atoms with van der Waals surface area (Å²) in [5, 5.41) is 11.6. The largest absolute Gasteiger partial charge is 0.475 e. The molecule has 16 heavy (non-hydrogen) atoms. The first-order valence-corrected chi connectivity index (χ1v) is 3.69. The van der Waals surface area contributed by atoms with Crippen molar-refractivity contribution < 1.29 is 43.9 Å². The second-order valence-electron chi connectivity index (χ2n) is 2.36. The Bertz CT molecular complexity index is 342. The van der Waals surface area contributed by atoms with Crippen LogP contribution in [0, 0.1) is 0 Å². The van der Waals surface area contributed by atoms with Gasteiger partial charge in [0, 0.05) is 12.0 Å². The second kappa shape index (κ2) is 6.24. The molecule has 0 saturated carbocycles. The predicted molar refractivity (Wildman–Crippen MR) is 41.2 cm³/mol. The Balaban J connectivity index is 3.83. The van der Waals surface area contributed by atoms with Crippen LogP contribution in [0.3, 0.4) is 0 Å². The van der Waals surface area contributed by atoms with Crippen LogP contribution < -0.4 is 0 Å². The van der Waals surface area contributed by atoms with E-state index in [2.05, 4.69) is 14.8 Å². The van der Waals surface area contributed by atoms with Crippen LogP contribution in [-0.2, 0) is 38.8 Å². The Morgan fingerprint density at radius 1 is 1.06 bits per heavy atom. The van der Waals surface area contributed by atoms with Gasteiger partial charge in [0.25, 0.3) is 5.78 Å². The third kappa shape index (κ3) is 5.44. The first-order valence-electron chi connectivity index (χ1n) is 3.69. The summed E-state index contributed by atoms with van der Waals surface area (Å²) in [6.45, 7) is 0.876. The minimum Gasteiger partial charge on any atom is -0.475 e. The molecule has 0 aliphatic heterocycles. The summed E-state index contributed by atoms with van der Waals surface area (Å²) in [6, 6.07) is 0. The van der Waals surface area contributed by atoms with Gasteiger partial charge in [-0.2, -0.15) is 0 Å². The Hall–Kier alpha value is -2.29. The quantitative estimate of drug-likeness (QED) is 0.253. The topological polar surface area (TPSA) is 133 Å². The number of aliphatic carboxylic acids is 1. The Morgan fingerprint density at radius 2 is 1.62 bits per heavy atom. The molecule has 0 heterocycles. The molecule has 88 valence electrons.